The van der Waals surface area contributed by atoms with Gasteiger partial charge in [0, 0.05) is 33.0 Å². The van der Waals surface area contributed by atoms with Gasteiger partial charge in [0.05, 0.1) is 0 Å². The third-order valence-corrected chi connectivity index (χ3v) is 8.83. The van der Waals surface area contributed by atoms with Crippen LogP contribution in [-0.2, 0) is 4.79 Å². The molecule has 0 bridgehead atoms. The van der Waals surface area contributed by atoms with Crippen LogP contribution in [0.3, 0.4) is 0 Å². The molecule has 0 spiro atoms. The van der Waals surface area contributed by atoms with Crippen molar-refractivity contribution in [2.45, 2.75) is 63.9 Å². The maximum atomic E-state index is 11.9. The molecule has 4 aliphatic rings. The summed E-state index contributed by atoms with van der Waals surface area (Å²) in [6, 6.07) is 0. The number of rotatable bonds is 1. The molecule has 4 unspecified atom stereocenters. The predicted octanol–water partition coefficient (Wildman–Crippen LogP) is 5.46. The smallest absolute Gasteiger partial charge is 0.155 e. The summed E-state index contributed by atoms with van der Waals surface area (Å²) in [4.78, 5) is 11.9. The van der Waals surface area contributed by atoms with Crippen LogP contribution in [0.1, 0.15) is 58.3 Å². The summed E-state index contributed by atoms with van der Waals surface area (Å²) in [6.07, 6.45) is 9.52. The van der Waals surface area contributed by atoms with Gasteiger partial charge in [-0.1, -0.05) is 30.6 Å². The Kier molecular flexibility index (Phi) is 5.12. The maximum Gasteiger partial charge on any atom is 0.155 e. The molecule has 0 saturated heterocycles. The summed E-state index contributed by atoms with van der Waals surface area (Å²) in [6.45, 7) is 6.76. The van der Waals surface area contributed by atoms with Gasteiger partial charge in [-0.05, 0) is 88.9 Å². The average molecular weight is 482 g/mol. The van der Waals surface area contributed by atoms with E-state index in [9.17, 15) is 9.90 Å². The van der Waals surface area contributed by atoms with Gasteiger partial charge in [-0.15, -0.1) is 0 Å². The van der Waals surface area contributed by atoms with E-state index in [0.29, 0.717) is 35.9 Å². The van der Waals surface area contributed by atoms with Gasteiger partial charge in [0.15, 0.2) is 5.78 Å². The Morgan fingerprint density at radius 3 is 2.92 bits per heavy atom. The zero-order chi connectivity index (χ0) is 18.5. The van der Waals surface area contributed by atoms with E-state index in [2.05, 4.69) is 45.9 Å². The molecule has 4 heteroatoms. The van der Waals surface area contributed by atoms with Crippen molar-refractivity contribution in [2.75, 3.05) is 0 Å². The summed E-state index contributed by atoms with van der Waals surface area (Å²) in [5.41, 5.74) is 1.66. The molecule has 3 saturated carbocycles. The Labute approximate surface area is 173 Å². The standard InChI is InChI=1S/C22H27IO2S/c1-3-21-13-14(2)20-17-7-5-16(24)12-15(17)4-6-18(20)19(21)8-9-22(21,25)10-11-26-23/h12,17-20,25H,2-9,13H2,1H3/t17?,18?,19?,20?,21-,22+/m0/s1. The molecule has 0 aliphatic heterocycles. The number of carbonyl (C=O) groups is 1. The van der Waals surface area contributed by atoms with Crippen molar-refractivity contribution in [1.29, 1.82) is 0 Å². The second-order valence-corrected chi connectivity index (χ2v) is 10.4. The summed E-state index contributed by atoms with van der Waals surface area (Å²) >= 11 is 2.18. The molecule has 4 aliphatic carbocycles. The van der Waals surface area contributed by atoms with Crippen molar-refractivity contribution in [3.8, 4) is 11.2 Å². The summed E-state index contributed by atoms with van der Waals surface area (Å²) < 4.78 is 0. The third kappa shape index (κ3) is 2.68. The number of allylic oxidation sites excluding steroid dienone is 2. The maximum absolute atomic E-state index is 11.9. The fourth-order valence-electron chi connectivity index (χ4n) is 6.98. The number of fused-ring (bicyclic) bond motifs is 5. The van der Waals surface area contributed by atoms with Crippen molar-refractivity contribution in [3.63, 3.8) is 0 Å². The van der Waals surface area contributed by atoms with Gasteiger partial charge >= 0.3 is 0 Å². The number of carbonyl (C=O) groups excluding carboxylic acids is 1. The highest BCUT2D eigenvalue weighted by Crippen LogP contribution is 2.67. The molecular formula is C22H27IO2S. The second kappa shape index (κ2) is 6.97. The molecule has 0 amide bonds. The van der Waals surface area contributed by atoms with Gasteiger partial charge < -0.3 is 5.11 Å². The van der Waals surface area contributed by atoms with E-state index >= 15 is 0 Å². The van der Waals surface area contributed by atoms with Crippen molar-refractivity contribution in [1.82, 2.24) is 0 Å². The molecule has 0 radical (unpaired) electrons. The summed E-state index contributed by atoms with van der Waals surface area (Å²) in [7, 11) is 1.46. The van der Waals surface area contributed by atoms with Crippen LogP contribution in [0.4, 0.5) is 0 Å². The van der Waals surface area contributed by atoms with Crippen LogP contribution in [0.25, 0.3) is 0 Å². The lowest BCUT2D eigenvalue weighted by Gasteiger charge is -2.56. The number of aliphatic hydroxyl groups is 1. The number of halogens is 1. The molecule has 0 aromatic carbocycles. The van der Waals surface area contributed by atoms with Crippen molar-refractivity contribution in [2.24, 2.45) is 29.1 Å². The van der Waals surface area contributed by atoms with Crippen molar-refractivity contribution in [3.05, 3.63) is 23.8 Å². The van der Waals surface area contributed by atoms with E-state index in [1.807, 2.05) is 6.08 Å². The first-order valence-electron chi connectivity index (χ1n) is 9.89. The van der Waals surface area contributed by atoms with Crippen LogP contribution in [0.15, 0.2) is 23.8 Å². The lowest BCUT2D eigenvalue weighted by molar-refractivity contribution is -0.116. The number of hydrogen-bond donors (Lipinski definition) is 1. The van der Waals surface area contributed by atoms with Crippen LogP contribution in [-0.4, -0.2) is 16.5 Å². The molecule has 140 valence electrons. The van der Waals surface area contributed by atoms with E-state index in [4.69, 9.17) is 0 Å². The highest BCUT2D eigenvalue weighted by atomic mass is 127. The molecule has 6 atom stereocenters. The Morgan fingerprint density at radius 2 is 2.19 bits per heavy atom. The Balaban J connectivity index is 1.72. The number of ketones is 1. The monoisotopic (exact) mass is 482 g/mol. The molecule has 26 heavy (non-hydrogen) atoms. The summed E-state index contributed by atoms with van der Waals surface area (Å²) in [5.74, 6) is 5.68. The van der Waals surface area contributed by atoms with Crippen molar-refractivity contribution < 1.29 is 9.90 Å². The Hall–Kier alpha value is -0.250. The number of hydrogen-bond acceptors (Lipinski definition) is 3. The first-order valence-corrected chi connectivity index (χ1v) is 13.2. The zero-order valence-corrected chi connectivity index (χ0v) is 18.4. The first-order chi connectivity index (χ1) is 12.5. The molecule has 2 nitrogen and oxygen atoms in total. The van der Waals surface area contributed by atoms with Gasteiger partial charge in [0.2, 0.25) is 0 Å². The molecule has 0 aromatic rings. The fraction of sp³-hybridized carbons (Fsp3) is 0.682. The van der Waals surface area contributed by atoms with Crippen LogP contribution in [0, 0.1) is 40.3 Å². The second-order valence-electron chi connectivity index (χ2n) is 8.71. The minimum absolute atomic E-state index is 0.143. The molecule has 0 aromatic heterocycles. The van der Waals surface area contributed by atoms with Crippen LogP contribution in [0.5, 0.6) is 0 Å². The normalized spacial score (nSPS) is 44.3. The van der Waals surface area contributed by atoms with Gasteiger partial charge in [-0.3, -0.25) is 4.79 Å². The average Bonchev–Trinajstić information content (AvgIpc) is 2.92. The molecule has 3 fully saturated rings. The Bertz CT molecular complexity index is 732. The van der Waals surface area contributed by atoms with Crippen LogP contribution in [0.2, 0.25) is 0 Å². The quantitative estimate of drug-likeness (QED) is 0.307. The summed E-state index contributed by atoms with van der Waals surface area (Å²) in [5, 5.41) is 14.6. The van der Waals surface area contributed by atoms with E-state index in [-0.39, 0.29) is 5.41 Å². The Morgan fingerprint density at radius 1 is 1.38 bits per heavy atom. The van der Waals surface area contributed by atoms with Crippen LogP contribution >= 0.6 is 30.1 Å². The molecule has 1 N–H and O–H groups in total. The highest BCUT2D eigenvalue weighted by molar-refractivity contribution is 14.2. The minimum Gasteiger partial charge on any atom is -0.377 e. The van der Waals surface area contributed by atoms with Gasteiger partial charge in [-0.25, -0.2) is 0 Å². The topological polar surface area (TPSA) is 37.3 Å². The molecular weight excluding hydrogens is 455 g/mol. The lowest BCUT2D eigenvalue weighted by atomic mass is 9.48. The van der Waals surface area contributed by atoms with E-state index in [1.54, 1.807) is 0 Å². The predicted molar refractivity (Wildman–Crippen MR) is 116 cm³/mol. The van der Waals surface area contributed by atoms with Gasteiger partial charge in [0.25, 0.3) is 0 Å². The SMILES string of the molecule is C=C1C[C@@]2(CC)C(CC[C@@]2(O)C#CSI)C2CCC3=CC(=O)CCC3C12. The lowest BCUT2D eigenvalue weighted by Crippen LogP contribution is -2.54. The zero-order valence-electron chi connectivity index (χ0n) is 15.4. The van der Waals surface area contributed by atoms with E-state index in [0.717, 1.165) is 44.9 Å². The minimum atomic E-state index is -0.878. The highest BCUT2D eigenvalue weighted by Gasteiger charge is 2.64. The van der Waals surface area contributed by atoms with Gasteiger partial charge in [0.1, 0.15) is 5.60 Å². The third-order valence-electron chi connectivity index (χ3n) is 7.99. The molecule has 4 rings (SSSR count). The van der Waals surface area contributed by atoms with Crippen LogP contribution < -0.4 is 0 Å². The largest absolute Gasteiger partial charge is 0.377 e. The van der Waals surface area contributed by atoms with E-state index in [1.165, 1.54) is 20.1 Å². The fourth-order valence-corrected chi connectivity index (χ4v) is 7.52. The van der Waals surface area contributed by atoms with E-state index < -0.39 is 5.60 Å². The van der Waals surface area contributed by atoms with Crippen molar-refractivity contribution >= 4 is 35.9 Å². The first kappa shape index (κ1) is 19.1. The van der Waals surface area contributed by atoms with Gasteiger partial charge in [-0.2, -0.15) is 0 Å². The molecule has 0 heterocycles.